The third-order valence-electron chi connectivity index (χ3n) is 3.32. The zero-order valence-corrected chi connectivity index (χ0v) is 13.1. The maximum Gasteiger partial charge on any atom is 0.248 e. The van der Waals surface area contributed by atoms with Crippen molar-refractivity contribution in [3.63, 3.8) is 0 Å². The minimum atomic E-state index is -0.326. The first-order valence-corrected chi connectivity index (χ1v) is 7.20. The maximum absolute atomic E-state index is 12.8. The first kappa shape index (κ1) is 16.0. The highest BCUT2D eigenvalue weighted by Crippen LogP contribution is 2.22. The van der Waals surface area contributed by atoms with Gasteiger partial charge in [0.25, 0.3) is 0 Å². The Hall–Kier alpha value is -2.42. The van der Waals surface area contributed by atoms with E-state index >= 15 is 0 Å². The van der Waals surface area contributed by atoms with Gasteiger partial charge in [0, 0.05) is 11.8 Å². The Balaban J connectivity index is 1.99. The van der Waals surface area contributed by atoms with E-state index in [1.165, 1.54) is 35.9 Å². The lowest BCUT2D eigenvalue weighted by Gasteiger charge is -2.18. The van der Waals surface area contributed by atoms with Crippen LogP contribution in [-0.2, 0) is 10.2 Å². The number of amides is 1. The summed E-state index contributed by atoms with van der Waals surface area (Å²) in [5, 5.41) is 2.68. The lowest BCUT2D eigenvalue weighted by Crippen LogP contribution is -2.10. The number of carbonyl (C=O) groups is 1. The molecule has 2 nitrogen and oxygen atoms in total. The molecule has 0 heterocycles. The van der Waals surface area contributed by atoms with Crippen LogP contribution in [0.3, 0.4) is 0 Å². The normalized spacial score (nSPS) is 11.6. The summed E-state index contributed by atoms with van der Waals surface area (Å²) < 4.78 is 12.8. The maximum atomic E-state index is 12.8. The molecular formula is C19H20FNO. The fourth-order valence-electron chi connectivity index (χ4n) is 1.98. The van der Waals surface area contributed by atoms with Gasteiger partial charge in [0.1, 0.15) is 5.82 Å². The van der Waals surface area contributed by atoms with E-state index < -0.39 is 0 Å². The molecule has 0 spiro atoms. The van der Waals surface area contributed by atoms with Gasteiger partial charge in [-0.05, 0) is 46.9 Å². The van der Waals surface area contributed by atoms with Crippen molar-refractivity contribution in [1.29, 1.82) is 0 Å². The second-order valence-corrected chi connectivity index (χ2v) is 6.20. The number of carbonyl (C=O) groups excluding carboxylic acids is 1. The van der Waals surface area contributed by atoms with Crippen molar-refractivity contribution in [2.75, 3.05) is 5.32 Å². The Morgan fingerprint density at radius 3 is 2.14 bits per heavy atom. The van der Waals surface area contributed by atoms with Crippen LogP contribution >= 0.6 is 0 Å². The minimum Gasteiger partial charge on any atom is -0.323 e. The van der Waals surface area contributed by atoms with Crippen LogP contribution in [0.1, 0.15) is 31.9 Å². The summed E-state index contributed by atoms with van der Waals surface area (Å²) >= 11 is 0. The molecule has 0 aliphatic heterocycles. The van der Waals surface area contributed by atoms with E-state index in [0.717, 1.165) is 5.56 Å². The van der Waals surface area contributed by atoms with Gasteiger partial charge in [-0.15, -0.1) is 0 Å². The van der Waals surface area contributed by atoms with Crippen LogP contribution in [0.5, 0.6) is 0 Å². The van der Waals surface area contributed by atoms with Crippen molar-refractivity contribution in [1.82, 2.24) is 0 Å². The molecule has 1 amide bonds. The first-order chi connectivity index (χ1) is 10.3. The summed E-state index contributed by atoms with van der Waals surface area (Å²) in [4.78, 5) is 11.8. The molecule has 0 atom stereocenters. The number of benzene rings is 2. The molecule has 0 saturated heterocycles. The predicted octanol–water partition coefficient (Wildman–Crippen LogP) is 4.78. The second kappa shape index (κ2) is 6.56. The summed E-state index contributed by atoms with van der Waals surface area (Å²) in [6.45, 7) is 6.48. The molecule has 0 aliphatic rings. The monoisotopic (exact) mass is 297 g/mol. The van der Waals surface area contributed by atoms with Crippen LogP contribution in [0, 0.1) is 5.82 Å². The van der Waals surface area contributed by atoms with Crippen LogP contribution < -0.4 is 5.32 Å². The highest BCUT2D eigenvalue weighted by molar-refractivity contribution is 6.01. The average molecular weight is 297 g/mol. The van der Waals surface area contributed by atoms with Gasteiger partial charge in [0.05, 0.1) is 0 Å². The molecule has 0 bridgehead atoms. The molecule has 2 aromatic rings. The van der Waals surface area contributed by atoms with Gasteiger partial charge in [0.15, 0.2) is 0 Å². The molecule has 3 heteroatoms. The van der Waals surface area contributed by atoms with Crippen LogP contribution in [0.15, 0.2) is 54.6 Å². The summed E-state index contributed by atoms with van der Waals surface area (Å²) in [7, 11) is 0. The molecule has 0 radical (unpaired) electrons. The molecule has 0 aromatic heterocycles. The second-order valence-electron chi connectivity index (χ2n) is 6.20. The summed E-state index contributed by atoms with van der Waals surface area (Å²) in [5.41, 5.74) is 2.89. The largest absolute Gasteiger partial charge is 0.323 e. The molecular weight excluding hydrogens is 277 g/mol. The smallest absolute Gasteiger partial charge is 0.248 e. The minimum absolute atomic E-state index is 0.113. The van der Waals surface area contributed by atoms with E-state index in [1.807, 2.05) is 12.1 Å². The fourth-order valence-corrected chi connectivity index (χ4v) is 1.98. The van der Waals surface area contributed by atoms with Crippen molar-refractivity contribution in [3.8, 4) is 0 Å². The van der Waals surface area contributed by atoms with Crippen molar-refractivity contribution < 1.29 is 9.18 Å². The zero-order chi connectivity index (χ0) is 16.2. The Kier molecular flexibility index (Phi) is 4.76. The van der Waals surface area contributed by atoms with Gasteiger partial charge in [-0.2, -0.15) is 0 Å². The van der Waals surface area contributed by atoms with Gasteiger partial charge in [-0.1, -0.05) is 45.0 Å². The SMILES string of the molecule is CC(C)(C)c1ccc(/C=C/C(=O)Nc2ccc(F)cc2)cc1. The zero-order valence-electron chi connectivity index (χ0n) is 13.1. The predicted molar refractivity (Wildman–Crippen MR) is 89.2 cm³/mol. The molecule has 2 rings (SSSR count). The average Bonchev–Trinajstić information content (AvgIpc) is 2.47. The number of anilines is 1. The topological polar surface area (TPSA) is 29.1 Å². The quantitative estimate of drug-likeness (QED) is 0.812. The molecule has 0 aliphatic carbocycles. The molecule has 22 heavy (non-hydrogen) atoms. The lowest BCUT2D eigenvalue weighted by atomic mass is 9.87. The fraction of sp³-hybridized carbons (Fsp3) is 0.211. The van der Waals surface area contributed by atoms with E-state index in [1.54, 1.807) is 6.08 Å². The number of hydrogen-bond donors (Lipinski definition) is 1. The van der Waals surface area contributed by atoms with Crippen LogP contribution in [-0.4, -0.2) is 5.91 Å². The molecule has 0 unspecified atom stereocenters. The number of rotatable bonds is 3. The molecule has 2 aromatic carbocycles. The van der Waals surface area contributed by atoms with Crippen molar-refractivity contribution in [3.05, 3.63) is 71.6 Å². The summed E-state index contributed by atoms with van der Waals surface area (Å²) in [5.74, 6) is -0.570. The van der Waals surface area contributed by atoms with Crippen molar-refractivity contribution in [2.45, 2.75) is 26.2 Å². The van der Waals surface area contributed by atoms with E-state index in [0.29, 0.717) is 5.69 Å². The van der Waals surface area contributed by atoms with Gasteiger partial charge < -0.3 is 5.32 Å². The molecule has 0 fully saturated rings. The number of nitrogens with one attached hydrogen (secondary N) is 1. The lowest BCUT2D eigenvalue weighted by molar-refractivity contribution is -0.111. The van der Waals surface area contributed by atoms with Crippen LogP contribution in [0.2, 0.25) is 0 Å². The third-order valence-corrected chi connectivity index (χ3v) is 3.32. The van der Waals surface area contributed by atoms with Gasteiger partial charge in [0.2, 0.25) is 5.91 Å². The van der Waals surface area contributed by atoms with E-state index in [2.05, 4.69) is 38.2 Å². The Morgan fingerprint density at radius 1 is 1.00 bits per heavy atom. The Bertz CT molecular complexity index is 664. The highest BCUT2D eigenvalue weighted by atomic mass is 19.1. The van der Waals surface area contributed by atoms with Crippen molar-refractivity contribution in [2.24, 2.45) is 0 Å². The first-order valence-electron chi connectivity index (χ1n) is 7.20. The Labute approximate surface area is 130 Å². The third kappa shape index (κ3) is 4.55. The summed E-state index contributed by atoms with van der Waals surface area (Å²) in [6, 6.07) is 13.8. The van der Waals surface area contributed by atoms with E-state index in [4.69, 9.17) is 0 Å². The Morgan fingerprint density at radius 2 is 1.59 bits per heavy atom. The number of hydrogen-bond acceptors (Lipinski definition) is 1. The number of halogens is 1. The van der Waals surface area contributed by atoms with Gasteiger partial charge in [-0.25, -0.2) is 4.39 Å². The van der Waals surface area contributed by atoms with Crippen LogP contribution in [0.4, 0.5) is 10.1 Å². The standard InChI is InChI=1S/C19H20FNO/c1-19(2,3)15-7-4-14(5-8-15)6-13-18(22)21-17-11-9-16(20)10-12-17/h4-13H,1-3H3,(H,21,22)/b13-6+. The molecule has 114 valence electrons. The molecule has 0 saturated carbocycles. The van der Waals surface area contributed by atoms with E-state index in [-0.39, 0.29) is 17.1 Å². The van der Waals surface area contributed by atoms with Crippen molar-refractivity contribution >= 4 is 17.7 Å². The van der Waals surface area contributed by atoms with Gasteiger partial charge >= 0.3 is 0 Å². The van der Waals surface area contributed by atoms with Gasteiger partial charge in [-0.3, -0.25) is 4.79 Å². The van der Waals surface area contributed by atoms with E-state index in [9.17, 15) is 9.18 Å². The summed E-state index contributed by atoms with van der Waals surface area (Å²) in [6.07, 6.45) is 3.22. The molecule has 1 N–H and O–H groups in total. The highest BCUT2D eigenvalue weighted by Gasteiger charge is 2.12. The van der Waals surface area contributed by atoms with Crippen LogP contribution in [0.25, 0.3) is 6.08 Å².